The van der Waals surface area contributed by atoms with Gasteiger partial charge < -0.3 is 4.74 Å². The van der Waals surface area contributed by atoms with Crippen LogP contribution >= 0.6 is 0 Å². The number of hydrogen-bond donors (Lipinski definition) is 0. The van der Waals surface area contributed by atoms with Crippen molar-refractivity contribution in [1.29, 1.82) is 5.26 Å². The van der Waals surface area contributed by atoms with Crippen LogP contribution in [-0.4, -0.2) is 29.6 Å². The molecule has 0 N–H and O–H groups in total. The van der Waals surface area contributed by atoms with E-state index in [-0.39, 0.29) is 0 Å². The highest BCUT2D eigenvalue weighted by Crippen LogP contribution is 2.12. The molecular formula is C17H19N3O. The number of rotatable bonds is 7. The lowest BCUT2D eigenvalue weighted by atomic mass is 10.2. The highest BCUT2D eigenvalue weighted by atomic mass is 16.5. The maximum atomic E-state index is 8.86. The van der Waals surface area contributed by atoms with Gasteiger partial charge in [-0.3, -0.25) is 9.88 Å². The van der Waals surface area contributed by atoms with Crippen LogP contribution in [0.25, 0.3) is 0 Å². The molecule has 0 atom stereocenters. The first-order chi connectivity index (χ1) is 10.3. The maximum Gasteiger partial charge on any atom is 0.120 e. The summed E-state index contributed by atoms with van der Waals surface area (Å²) < 4.78 is 5.71. The summed E-state index contributed by atoms with van der Waals surface area (Å²) in [5.74, 6) is 0.744. The van der Waals surface area contributed by atoms with E-state index in [0.717, 1.165) is 25.4 Å². The molecule has 1 aromatic heterocycles. The second-order valence-corrected chi connectivity index (χ2v) is 4.71. The number of ether oxygens (including phenoxy) is 1. The summed E-state index contributed by atoms with van der Waals surface area (Å²) in [6.45, 7) is 5.44. The number of aromatic nitrogens is 1. The molecule has 2 aromatic rings. The first kappa shape index (κ1) is 15.0. The van der Waals surface area contributed by atoms with Crippen LogP contribution in [-0.2, 0) is 6.54 Å². The lowest BCUT2D eigenvalue weighted by Gasteiger charge is -2.20. The van der Waals surface area contributed by atoms with Crippen LogP contribution in [0, 0.1) is 11.3 Å². The van der Waals surface area contributed by atoms with Gasteiger partial charge in [0.25, 0.3) is 0 Å². The zero-order valence-corrected chi connectivity index (χ0v) is 12.2. The van der Waals surface area contributed by atoms with Crippen molar-refractivity contribution in [1.82, 2.24) is 9.88 Å². The van der Waals surface area contributed by atoms with Gasteiger partial charge in [0.15, 0.2) is 0 Å². The Kier molecular flexibility index (Phi) is 5.74. The van der Waals surface area contributed by atoms with Crippen molar-refractivity contribution in [2.24, 2.45) is 0 Å². The summed E-state index contributed by atoms with van der Waals surface area (Å²) in [5, 5.41) is 8.86. The summed E-state index contributed by atoms with van der Waals surface area (Å²) in [5.41, 5.74) is 1.87. The van der Waals surface area contributed by atoms with E-state index < -0.39 is 0 Å². The fourth-order valence-corrected chi connectivity index (χ4v) is 2.04. The van der Waals surface area contributed by atoms with E-state index in [4.69, 9.17) is 10.00 Å². The van der Waals surface area contributed by atoms with E-state index in [9.17, 15) is 0 Å². The molecule has 0 saturated heterocycles. The van der Waals surface area contributed by atoms with Gasteiger partial charge >= 0.3 is 0 Å². The Balaban J connectivity index is 1.82. The third-order valence-electron chi connectivity index (χ3n) is 3.24. The molecule has 0 aliphatic rings. The molecule has 0 radical (unpaired) electrons. The van der Waals surface area contributed by atoms with E-state index >= 15 is 0 Å². The number of benzene rings is 1. The third kappa shape index (κ3) is 4.90. The summed E-state index contributed by atoms with van der Waals surface area (Å²) in [6, 6.07) is 13.4. The molecule has 1 heterocycles. The van der Waals surface area contributed by atoms with Crippen LogP contribution in [0.5, 0.6) is 5.75 Å². The SMILES string of the molecule is CCN(CCOc1cccc(C#N)c1)Cc1ccncc1. The fourth-order valence-electron chi connectivity index (χ4n) is 2.04. The van der Waals surface area contributed by atoms with Crippen molar-refractivity contribution in [3.05, 3.63) is 59.9 Å². The van der Waals surface area contributed by atoms with E-state index in [0.29, 0.717) is 12.2 Å². The van der Waals surface area contributed by atoms with Gasteiger partial charge in [-0.25, -0.2) is 0 Å². The molecule has 0 spiro atoms. The molecule has 0 saturated carbocycles. The van der Waals surface area contributed by atoms with Gasteiger partial charge in [-0.2, -0.15) is 5.26 Å². The summed E-state index contributed by atoms with van der Waals surface area (Å²) in [6.07, 6.45) is 3.63. The third-order valence-corrected chi connectivity index (χ3v) is 3.24. The zero-order chi connectivity index (χ0) is 14.9. The van der Waals surface area contributed by atoms with Crippen molar-refractivity contribution in [2.45, 2.75) is 13.5 Å². The molecule has 4 heteroatoms. The Morgan fingerprint density at radius 2 is 2.05 bits per heavy atom. The Labute approximate surface area is 125 Å². The van der Waals surface area contributed by atoms with Crippen LogP contribution in [0.3, 0.4) is 0 Å². The zero-order valence-electron chi connectivity index (χ0n) is 12.2. The van der Waals surface area contributed by atoms with Gasteiger partial charge in [0.2, 0.25) is 0 Å². The minimum absolute atomic E-state index is 0.605. The van der Waals surface area contributed by atoms with Crippen LogP contribution < -0.4 is 4.74 Å². The molecule has 4 nitrogen and oxygen atoms in total. The van der Waals surface area contributed by atoms with E-state index in [1.807, 2.05) is 36.7 Å². The highest BCUT2D eigenvalue weighted by molar-refractivity contribution is 5.36. The van der Waals surface area contributed by atoms with Gasteiger partial charge in [-0.15, -0.1) is 0 Å². The number of hydrogen-bond acceptors (Lipinski definition) is 4. The Bertz CT molecular complexity index is 592. The lowest BCUT2D eigenvalue weighted by molar-refractivity contribution is 0.210. The molecule has 0 fully saturated rings. The first-order valence-corrected chi connectivity index (χ1v) is 7.06. The second kappa shape index (κ2) is 8.03. The number of nitrogens with zero attached hydrogens (tertiary/aromatic N) is 3. The average molecular weight is 281 g/mol. The van der Waals surface area contributed by atoms with E-state index in [2.05, 4.69) is 22.9 Å². The fraction of sp³-hybridized carbons (Fsp3) is 0.294. The number of likely N-dealkylation sites (N-methyl/N-ethyl adjacent to an activating group) is 1. The quantitative estimate of drug-likeness (QED) is 0.783. The van der Waals surface area contributed by atoms with Crippen molar-refractivity contribution in [2.75, 3.05) is 19.7 Å². The van der Waals surface area contributed by atoms with Crippen molar-refractivity contribution in [3.63, 3.8) is 0 Å². The highest BCUT2D eigenvalue weighted by Gasteiger charge is 2.04. The van der Waals surface area contributed by atoms with Gasteiger partial charge in [0.1, 0.15) is 12.4 Å². The molecule has 0 bridgehead atoms. The van der Waals surface area contributed by atoms with Crippen LogP contribution in [0.4, 0.5) is 0 Å². The monoisotopic (exact) mass is 281 g/mol. The predicted molar refractivity (Wildman–Crippen MR) is 81.8 cm³/mol. The molecule has 0 amide bonds. The molecule has 0 aliphatic heterocycles. The van der Waals surface area contributed by atoms with Crippen LogP contribution in [0.1, 0.15) is 18.1 Å². The number of pyridine rings is 1. The minimum Gasteiger partial charge on any atom is -0.492 e. The second-order valence-electron chi connectivity index (χ2n) is 4.71. The molecule has 108 valence electrons. The molecular weight excluding hydrogens is 262 g/mol. The van der Waals surface area contributed by atoms with Gasteiger partial charge in [0.05, 0.1) is 11.6 Å². The van der Waals surface area contributed by atoms with Crippen molar-refractivity contribution >= 4 is 0 Å². The van der Waals surface area contributed by atoms with E-state index in [1.165, 1.54) is 5.56 Å². The van der Waals surface area contributed by atoms with Crippen LogP contribution in [0.15, 0.2) is 48.8 Å². The standard InChI is InChI=1S/C17H19N3O/c1-2-20(14-15-6-8-19-9-7-15)10-11-21-17-5-3-4-16(12-17)13-18/h3-9,12H,2,10-11,14H2,1H3. The summed E-state index contributed by atoms with van der Waals surface area (Å²) in [4.78, 5) is 6.34. The molecule has 1 aromatic carbocycles. The summed E-state index contributed by atoms with van der Waals surface area (Å²) >= 11 is 0. The van der Waals surface area contributed by atoms with Crippen LogP contribution in [0.2, 0.25) is 0 Å². The van der Waals surface area contributed by atoms with Gasteiger partial charge in [-0.1, -0.05) is 13.0 Å². The Morgan fingerprint density at radius 3 is 2.76 bits per heavy atom. The van der Waals surface area contributed by atoms with Crippen molar-refractivity contribution in [3.8, 4) is 11.8 Å². The first-order valence-electron chi connectivity index (χ1n) is 7.06. The largest absolute Gasteiger partial charge is 0.492 e. The average Bonchev–Trinajstić information content (AvgIpc) is 2.55. The summed E-state index contributed by atoms with van der Waals surface area (Å²) in [7, 11) is 0. The van der Waals surface area contributed by atoms with Crippen molar-refractivity contribution < 1.29 is 4.74 Å². The maximum absolute atomic E-state index is 8.86. The lowest BCUT2D eigenvalue weighted by Crippen LogP contribution is -2.27. The molecule has 0 unspecified atom stereocenters. The molecule has 21 heavy (non-hydrogen) atoms. The Morgan fingerprint density at radius 1 is 1.24 bits per heavy atom. The molecule has 0 aliphatic carbocycles. The normalized spacial score (nSPS) is 10.3. The minimum atomic E-state index is 0.605. The van der Waals surface area contributed by atoms with E-state index in [1.54, 1.807) is 12.1 Å². The number of nitriles is 1. The Hall–Kier alpha value is -2.38. The smallest absolute Gasteiger partial charge is 0.120 e. The predicted octanol–water partition coefficient (Wildman–Crippen LogP) is 2.85. The van der Waals surface area contributed by atoms with Gasteiger partial charge in [0, 0.05) is 25.5 Å². The molecule has 2 rings (SSSR count). The topological polar surface area (TPSA) is 49.1 Å². The van der Waals surface area contributed by atoms with Gasteiger partial charge in [-0.05, 0) is 42.4 Å².